The van der Waals surface area contributed by atoms with E-state index in [2.05, 4.69) is 0 Å². The van der Waals surface area contributed by atoms with E-state index in [0.29, 0.717) is 0 Å². The topological polar surface area (TPSA) is 0 Å². The molecule has 0 aromatic heterocycles. The second-order valence-corrected chi connectivity index (χ2v) is 8.75. The molecule has 42 heavy (non-hydrogen) atoms. The Balaban J connectivity index is 1.88. The van der Waals surface area contributed by atoms with Gasteiger partial charge in [0.05, 0.1) is 38.4 Å². The fourth-order valence-corrected chi connectivity index (χ4v) is 4.78. The number of hydrogen-bond acceptors (Lipinski definition) is 0. The van der Waals surface area contributed by atoms with Gasteiger partial charge in [0.1, 0.15) is 0 Å². The van der Waals surface area contributed by atoms with Crippen molar-refractivity contribution in [1.29, 1.82) is 0 Å². The lowest BCUT2D eigenvalue weighted by Gasteiger charge is -2.21. The molecular weight excluding hydrogens is 504 g/mol. The zero-order valence-corrected chi connectivity index (χ0v) is 21.0. The van der Waals surface area contributed by atoms with Gasteiger partial charge in [-0.15, -0.1) is 0 Å². The number of fused-ring (bicyclic) bond motifs is 3. The molecule has 0 amide bonds. The summed E-state index contributed by atoms with van der Waals surface area (Å²) in [6.07, 6.45) is 0. The zero-order valence-electron chi connectivity index (χ0n) is 49.0. The van der Waals surface area contributed by atoms with E-state index in [0.717, 1.165) is 0 Å². The number of hydrogen-bond donors (Lipinski definition) is 0. The monoisotopic (exact) mass is 560 g/mol. The van der Waals surface area contributed by atoms with Crippen molar-refractivity contribution in [2.45, 2.75) is 0 Å². The summed E-state index contributed by atoms with van der Waals surface area (Å²) in [5.41, 5.74) is -6.98. The molecule has 0 bridgehead atoms. The lowest BCUT2D eigenvalue weighted by Crippen LogP contribution is -1.94. The molecule has 0 heteroatoms. The van der Waals surface area contributed by atoms with E-state index in [4.69, 9.17) is 27.4 Å². The average molecular weight is 561 g/mol. The first kappa shape index (κ1) is 9.02. The van der Waals surface area contributed by atoms with Crippen LogP contribution in [-0.4, -0.2) is 0 Å². The highest BCUT2D eigenvalue weighted by atomic mass is 14.2. The fraction of sp³-hybridized carbons (Fsp3) is 0. The molecule has 0 spiro atoms. The third-order valence-corrected chi connectivity index (χ3v) is 6.50. The zero-order chi connectivity index (χ0) is 52.2. The van der Waals surface area contributed by atoms with Gasteiger partial charge in [0, 0.05) is 0 Å². The van der Waals surface area contributed by atoms with Crippen molar-refractivity contribution in [3.63, 3.8) is 0 Å². The molecule has 0 fully saturated rings. The lowest BCUT2D eigenvalue weighted by molar-refractivity contribution is 1.60. The Labute approximate surface area is 285 Å². The lowest BCUT2D eigenvalue weighted by atomic mass is 9.82. The first-order valence-electron chi connectivity index (χ1n) is 26.2. The van der Waals surface area contributed by atoms with Crippen LogP contribution in [0.1, 0.15) is 38.4 Å². The number of rotatable bonds is 4. The van der Waals surface area contributed by atoms with Crippen LogP contribution in [0, 0.1) is 0 Å². The summed E-state index contributed by atoms with van der Waals surface area (Å²) >= 11 is 0. The Morgan fingerprint density at radius 1 is 0.286 bits per heavy atom. The molecule has 0 aliphatic rings. The summed E-state index contributed by atoms with van der Waals surface area (Å²) in [5, 5.41) is -4.88. The third-order valence-electron chi connectivity index (χ3n) is 6.50. The van der Waals surface area contributed by atoms with Crippen molar-refractivity contribution in [3.05, 3.63) is 169 Å². The van der Waals surface area contributed by atoms with Crippen LogP contribution in [0.5, 0.6) is 0 Å². The predicted molar refractivity (Wildman–Crippen MR) is 181 cm³/mol. The minimum Gasteiger partial charge on any atom is -0.0622 e. The smallest absolute Gasteiger partial charge is 0.0622 e. The van der Waals surface area contributed by atoms with E-state index >= 15 is 0 Å². The Morgan fingerprint density at radius 3 is 1.52 bits per heavy atom. The Kier molecular flexibility index (Phi) is 2.19. The molecule has 0 aliphatic carbocycles. The van der Waals surface area contributed by atoms with Crippen molar-refractivity contribution in [1.82, 2.24) is 0 Å². The molecule has 8 aromatic carbocycles. The SMILES string of the molecule is [2H]c1c([2H])c([2H])c(-c2c([2H])c([2H])c([2H])c([2H])c2-c2c3c([2H])c([2H])c([2H])c([2H])c3c(-c3c([2H])c([2H])c([2H])c4c([2H])c([2H])c([2H])c([2H])c34)c3c([2H])c(-c4c([2H])c([2H])c([2H])c([2H])c4[2H])c([2H])c([2H])c23)c([2H])c1[2H]. The normalized spacial score (nSPS) is 20.7. The Hall–Kier alpha value is -5.46. The Bertz CT molecular complexity index is 3730. The molecule has 0 nitrogen and oxygen atoms in total. The van der Waals surface area contributed by atoms with E-state index in [1.165, 1.54) is 0 Å². The molecule has 0 saturated carbocycles. The van der Waals surface area contributed by atoms with Crippen LogP contribution in [0.3, 0.4) is 0 Å². The van der Waals surface area contributed by atoms with Crippen molar-refractivity contribution >= 4 is 32.3 Å². The highest BCUT2D eigenvalue weighted by molar-refractivity contribution is 6.24. The van der Waals surface area contributed by atoms with E-state index in [9.17, 15) is 11.0 Å². The Morgan fingerprint density at radius 2 is 0.786 bits per heavy atom. The van der Waals surface area contributed by atoms with Crippen molar-refractivity contribution in [3.8, 4) is 44.5 Å². The third kappa shape index (κ3) is 4.00. The largest absolute Gasteiger partial charge is 0.0636 e. The highest BCUT2D eigenvalue weighted by Gasteiger charge is 2.20. The molecule has 0 N–H and O–H groups in total. The van der Waals surface area contributed by atoms with E-state index in [-0.39, 0.29) is 0 Å². The minimum absolute atomic E-state index is 0.700. The molecular formula is C42H28. The van der Waals surface area contributed by atoms with Crippen molar-refractivity contribution in [2.24, 2.45) is 0 Å². The molecule has 0 saturated heterocycles. The van der Waals surface area contributed by atoms with Gasteiger partial charge in [0.15, 0.2) is 0 Å². The molecule has 0 heterocycles. The van der Waals surface area contributed by atoms with Crippen LogP contribution in [0.2, 0.25) is 0 Å². The maximum atomic E-state index is 10.0. The van der Waals surface area contributed by atoms with Crippen LogP contribution in [-0.2, 0) is 0 Å². The summed E-state index contributed by atoms with van der Waals surface area (Å²) in [4.78, 5) is 0. The summed E-state index contributed by atoms with van der Waals surface area (Å²) in [6, 6.07) is -28.6. The van der Waals surface area contributed by atoms with Gasteiger partial charge in [-0.25, -0.2) is 0 Å². The quantitative estimate of drug-likeness (QED) is 0.188. The van der Waals surface area contributed by atoms with E-state index in [1.807, 2.05) is 0 Å². The maximum absolute atomic E-state index is 10.0. The molecule has 0 aliphatic heterocycles. The minimum atomic E-state index is -1.15. The standard InChI is InChI=1S/C42H28/c1-3-14-29(15-4-1)32-26-27-39-40(28-32)42(36-25-13-19-31-18-7-8-20-34(31)36)38-24-12-11-23-37(38)41(39)35-22-10-9-21-33(35)30-16-5-2-6-17-30/h1-28H/i1D,2D,3D,4D,5D,6D,7D,8D,9D,10D,11D,12D,13D,14D,15D,16D,17D,18D,19D,20D,21D,22D,23D,24D,25D,26D,27D,28D. The second-order valence-electron chi connectivity index (χ2n) is 8.75. The van der Waals surface area contributed by atoms with Crippen molar-refractivity contribution in [2.75, 3.05) is 0 Å². The molecule has 196 valence electrons. The van der Waals surface area contributed by atoms with Crippen LogP contribution < -0.4 is 0 Å². The summed E-state index contributed by atoms with van der Waals surface area (Å²) in [6.45, 7) is 0. The second kappa shape index (κ2) is 10.2. The fourth-order valence-electron chi connectivity index (χ4n) is 4.78. The predicted octanol–water partition coefficient (Wildman–Crippen LogP) is 11.8. The van der Waals surface area contributed by atoms with Crippen LogP contribution in [0.25, 0.3) is 76.8 Å². The molecule has 0 atom stereocenters. The molecule has 8 aromatic rings. The van der Waals surface area contributed by atoms with Crippen LogP contribution >= 0.6 is 0 Å². The maximum Gasteiger partial charge on any atom is 0.0636 e. The van der Waals surface area contributed by atoms with E-state index < -0.39 is 246 Å². The van der Waals surface area contributed by atoms with Gasteiger partial charge in [-0.1, -0.05) is 163 Å². The number of benzene rings is 8. The van der Waals surface area contributed by atoms with Gasteiger partial charge in [0.25, 0.3) is 0 Å². The average Bonchev–Trinajstić information content (AvgIpc) is 3.33. The van der Waals surface area contributed by atoms with Gasteiger partial charge >= 0.3 is 0 Å². The van der Waals surface area contributed by atoms with Gasteiger partial charge in [-0.05, 0) is 82.9 Å². The van der Waals surface area contributed by atoms with Gasteiger partial charge < -0.3 is 0 Å². The van der Waals surface area contributed by atoms with E-state index in [1.54, 1.807) is 0 Å². The first-order valence-corrected chi connectivity index (χ1v) is 12.2. The van der Waals surface area contributed by atoms with Gasteiger partial charge in [0.2, 0.25) is 0 Å². The van der Waals surface area contributed by atoms with Gasteiger partial charge in [-0.3, -0.25) is 0 Å². The first-order chi connectivity index (χ1) is 32.5. The summed E-state index contributed by atoms with van der Waals surface area (Å²) in [5.74, 6) is 0. The molecule has 8 rings (SSSR count). The highest BCUT2D eigenvalue weighted by Crippen LogP contribution is 2.48. The van der Waals surface area contributed by atoms with Crippen LogP contribution in [0.15, 0.2) is 169 Å². The van der Waals surface area contributed by atoms with Crippen molar-refractivity contribution < 1.29 is 38.4 Å². The molecule has 0 radical (unpaired) electrons. The summed E-state index contributed by atoms with van der Waals surface area (Å²) < 4.78 is 250. The van der Waals surface area contributed by atoms with Gasteiger partial charge in [-0.2, -0.15) is 0 Å². The van der Waals surface area contributed by atoms with Crippen LogP contribution in [0.4, 0.5) is 0 Å². The summed E-state index contributed by atoms with van der Waals surface area (Å²) in [7, 11) is 0. The molecule has 0 unspecified atom stereocenters.